The number of methoxy groups -OCH3 is 1. The first-order chi connectivity index (χ1) is 17.4. The number of amides is 1. The van der Waals surface area contributed by atoms with Crippen LogP contribution in [0.25, 0.3) is 0 Å². The van der Waals surface area contributed by atoms with E-state index in [1.54, 1.807) is 6.07 Å². The van der Waals surface area contributed by atoms with Crippen LogP contribution in [-0.4, -0.2) is 39.4 Å². The van der Waals surface area contributed by atoms with Gasteiger partial charge >= 0.3 is 12.3 Å². The van der Waals surface area contributed by atoms with Gasteiger partial charge < -0.3 is 14.6 Å². The van der Waals surface area contributed by atoms with Crippen molar-refractivity contribution in [3.8, 4) is 11.5 Å². The van der Waals surface area contributed by atoms with Gasteiger partial charge in [0.25, 0.3) is 10.0 Å². The van der Waals surface area contributed by atoms with Crippen LogP contribution in [0.15, 0.2) is 65.6 Å². The van der Waals surface area contributed by atoms with Crippen molar-refractivity contribution < 1.29 is 41.0 Å². The molecule has 0 radical (unpaired) electrons. The van der Waals surface area contributed by atoms with Crippen molar-refractivity contribution in [3.05, 3.63) is 76.8 Å². The minimum Gasteiger partial charge on any atom is -0.495 e. The first kappa shape index (κ1) is 26.6. The molecule has 0 fully saturated rings. The number of halogens is 4. The maximum absolute atomic E-state index is 13.4. The Balaban J connectivity index is 1.51. The highest BCUT2D eigenvalue weighted by Crippen LogP contribution is 2.39. The van der Waals surface area contributed by atoms with Gasteiger partial charge in [-0.2, -0.15) is 13.2 Å². The molecule has 1 heterocycles. The van der Waals surface area contributed by atoms with Gasteiger partial charge in [0.05, 0.1) is 12.8 Å². The fourth-order valence-corrected chi connectivity index (χ4v) is 5.72. The van der Waals surface area contributed by atoms with Gasteiger partial charge in [-0.1, -0.05) is 29.8 Å². The molecule has 0 saturated heterocycles. The lowest BCUT2D eigenvalue weighted by molar-refractivity contribution is -0.206. The zero-order valence-electron chi connectivity index (χ0n) is 19.1. The number of carbonyl (C=O) groups is 1. The summed E-state index contributed by atoms with van der Waals surface area (Å²) in [6, 6.07) is 13.2. The van der Waals surface area contributed by atoms with Crippen molar-refractivity contribution in [2.75, 3.05) is 23.3 Å². The number of rotatable bonds is 6. The highest BCUT2D eigenvalue weighted by molar-refractivity contribution is 7.93. The molecule has 1 amide bonds. The van der Waals surface area contributed by atoms with E-state index in [0.29, 0.717) is 12.1 Å². The highest BCUT2D eigenvalue weighted by Gasteiger charge is 2.39. The molecule has 37 heavy (non-hydrogen) atoms. The predicted octanol–water partition coefficient (Wildman–Crippen LogP) is 5.31. The number of hydrogen-bond donors (Lipinski definition) is 2. The number of aliphatic hydroxyl groups excluding tert-OH is 1. The van der Waals surface area contributed by atoms with Gasteiger partial charge in [-0.25, -0.2) is 13.2 Å². The number of aliphatic hydroxyl groups is 1. The van der Waals surface area contributed by atoms with Gasteiger partial charge in [0, 0.05) is 23.3 Å². The van der Waals surface area contributed by atoms with E-state index in [0.717, 1.165) is 17.7 Å². The summed E-state index contributed by atoms with van der Waals surface area (Å²) in [7, 11) is -2.72. The minimum atomic E-state index is -4.82. The molecule has 0 saturated carbocycles. The molecule has 2 N–H and O–H groups in total. The molecule has 13 heteroatoms. The van der Waals surface area contributed by atoms with Crippen molar-refractivity contribution in [1.82, 2.24) is 0 Å². The average molecular weight is 557 g/mol. The third-order valence-electron chi connectivity index (χ3n) is 5.60. The van der Waals surface area contributed by atoms with E-state index in [9.17, 15) is 31.5 Å². The van der Waals surface area contributed by atoms with Crippen LogP contribution in [0.5, 0.6) is 11.5 Å². The van der Waals surface area contributed by atoms with Crippen LogP contribution < -0.4 is 19.1 Å². The molecule has 0 bridgehead atoms. The number of nitrogens with one attached hydrogen (secondary N) is 1. The molecule has 1 aliphatic rings. The molecule has 0 spiro atoms. The zero-order chi connectivity index (χ0) is 27.0. The van der Waals surface area contributed by atoms with E-state index in [4.69, 9.17) is 21.1 Å². The summed E-state index contributed by atoms with van der Waals surface area (Å²) in [4.78, 5) is 12.2. The molecule has 1 atom stereocenters. The number of benzene rings is 3. The van der Waals surface area contributed by atoms with Gasteiger partial charge in [0.1, 0.15) is 16.4 Å². The molecular formula is C24H20ClF3N2O6S. The van der Waals surface area contributed by atoms with Crippen molar-refractivity contribution >= 4 is 39.1 Å². The smallest absolute Gasteiger partial charge is 0.418 e. The second kappa shape index (κ2) is 10.1. The summed E-state index contributed by atoms with van der Waals surface area (Å²) >= 11 is 6.01. The lowest BCUT2D eigenvalue weighted by atomic mass is 10.1. The molecule has 0 aliphatic carbocycles. The summed E-state index contributed by atoms with van der Waals surface area (Å²) < 4.78 is 76.4. The Morgan fingerprint density at radius 1 is 1.11 bits per heavy atom. The van der Waals surface area contributed by atoms with Gasteiger partial charge in [-0.3, -0.25) is 9.62 Å². The van der Waals surface area contributed by atoms with E-state index < -0.39 is 28.4 Å². The Labute approximate surface area is 215 Å². The summed E-state index contributed by atoms with van der Waals surface area (Å²) in [6.45, 7) is 0.152. The number of carbonyl (C=O) groups excluding carboxylic acids is 1. The molecule has 8 nitrogen and oxygen atoms in total. The third-order valence-corrected chi connectivity index (χ3v) is 7.67. The van der Waals surface area contributed by atoms with Crippen LogP contribution in [0.3, 0.4) is 0 Å². The SMILES string of the molecule is COc1ccc(Cl)cc1S(=O)(=O)N1CCc2ccc(OC(=O)Nc3ccc(C(O)C(F)(F)F)cc3)cc21. The van der Waals surface area contributed by atoms with Crippen molar-refractivity contribution in [2.24, 2.45) is 0 Å². The second-order valence-electron chi connectivity index (χ2n) is 7.99. The van der Waals surface area contributed by atoms with E-state index in [1.165, 1.54) is 53.9 Å². The topological polar surface area (TPSA) is 105 Å². The van der Waals surface area contributed by atoms with Gasteiger partial charge in [0.2, 0.25) is 0 Å². The number of nitrogens with zero attached hydrogens (tertiary/aromatic N) is 1. The quantitative estimate of drug-likeness (QED) is 0.426. The first-order valence-electron chi connectivity index (χ1n) is 10.7. The number of fused-ring (bicyclic) bond motifs is 1. The Hall–Kier alpha value is -3.48. The maximum atomic E-state index is 13.4. The van der Waals surface area contributed by atoms with Gasteiger partial charge in [-0.15, -0.1) is 0 Å². The van der Waals surface area contributed by atoms with Crippen LogP contribution in [-0.2, 0) is 16.4 Å². The third kappa shape index (κ3) is 5.60. The fraction of sp³-hybridized carbons (Fsp3) is 0.208. The summed E-state index contributed by atoms with van der Waals surface area (Å²) in [5, 5.41) is 11.9. The van der Waals surface area contributed by atoms with Crippen LogP contribution in [0.2, 0.25) is 5.02 Å². The summed E-state index contributed by atoms with van der Waals surface area (Å²) in [6.07, 6.45) is -7.99. The largest absolute Gasteiger partial charge is 0.495 e. The Morgan fingerprint density at radius 3 is 2.46 bits per heavy atom. The van der Waals surface area contributed by atoms with Gasteiger partial charge in [-0.05, 0) is 53.9 Å². The minimum absolute atomic E-state index is 0.0422. The van der Waals surface area contributed by atoms with E-state index in [2.05, 4.69) is 5.32 Å². The maximum Gasteiger partial charge on any atom is 0.418 e. The van der Waals surface area contributed by atoms with Crippen molar-refractivity contribution in [1.29, 1.82) is 0 Å². The highest BCUT2D eigenvalue weighted by atomic mass is 35.5. The summed E-state index contributed by atoms with van der Waals surface area (Å²) in [5.41, 5.74) is 0.776. The normalized spacial score (nSPS) is 14.2. The van der Waals surface area contributed by atoms with Crippen LogP contribution >= 0.6 is 11.6 Å². The van der Waals surface area contributed by atoms with E-state index in [1.807, 2.05) is 0 Å². The molecule has 1 unspecified atom stereocenters. The molecule has 0 aromatic heterocycles. The lowest BCUT2D eigenvalue weighted by Gasteiger charge is -2.21. The van der Waals surface area contributed by atoms with Crippen LogP contribution in [0.4, 0.5) is 29.3 Å². The Morgan fingerprint density at radius 2 is 1.81 bits per heavy atom. The molecule has 3 aromatic carbocycles. The standard InChI is InChI=1S/C24H20ClF3N2O6S/c1-35-20-9-5-16(25)12-21(20)37(33,34)30-11-10-14-4-8-18(13-19(14)30)36-23(32)29-17-6-2-15(3-7-17)22(31)24(26,27)28/h2-9,12-13,22,31H,10-11H2,1H3,(H,29,32). The first-order valence-corrected chi connectivity index (χ1v) is 12.5. The van der Waals surface area contributed by atoms with Gasteiger partial charge in [0.15, 0.2) is 6.10 Å². The lowest BCUT2D eigenvalue weighted by Crippen LogP contribution is -2.29. The number of hydrogen-bond acceptors (Lipinski definition) is 6. The predicted molar refractivity (Wildman–Crippen MR) is 130 cm³/mol. The van der Waals surface area contributed by atoms with E-state index >= 15 is 0 Å². The van der Waals surface area contributed by atoms with Crippen molar-refractivity contribution in [2.45, 2.75) is 23.6 Å². The number of sulfonamides is 1. The molecule has 1 aliphatic heterocycles. The molecule has 4 rings (SSSR count). The Kier molecular flexibility index (Phi) is 7.27. The Bertz CT molecular complexity index is 1430. The zero-order valence-corrected chi connectivity index (χ0v) is 20.7. The number of anilines is 2. The molecule has 196 valence electrons. The van der Waals surface area contributed by atoms with Crippen molar-refractivity contribution in [3.63, 3.8) is 0 Å². The molecule has 3 aromatic rings. The van der Waals surface area contributed by atoms with Crippen LogP contribution in [0.1, 0.15) is 17.2 Å². The molecular weight excluding hydrogens is 537 g/mol. The van der Waals surface area contributed by atoms with E-state index in [-0.39, 0.29) is 39.2 Å². The summed E-state index contributed by atoms with van der Waals surface area (Å²) in [5.74, 6) is 0.166. The number of alkyl halides is 3. The van der Waals surface area contributed by atoms with Crippen LogP contribution in [0, 0.1) is 0 Å². The second-order valence-corrected chi connectivity index (χ2v) is 10.3. The average Bonchev–Trinajstić information content (AvgIpc) is 3.27. The number of ether oxygens (including phenoxy) is 2. The fourth-order valence-electron chi connectivity index (χ4n) is 3.80. The monoisotopic (exact) mass is 556 g/mol.